The molecule has 0 aliphatic carbocycles. The Hall–Kier alpha value is -2.95. The summed E-state index contributed by atoms with van der Waals surface area (Å²) in [6, 6.07) is 16.1. The van der Waals surface area contributed by atoms with Crippen molar-refractivity contribution in [2.75, 3.05) is 5.32 Å². The molecule has 0 radical (unpaired) electrons. The highest BCUT2D eigenvalue weighted by atomic mass is 19.1. The number of amides is 1. The van der Waals surface area contributed by atoms with Gasteiger partial charge in [-0.25, -0.2) is 4.39 Å². The zero-order chi connectivity index (χ0) is 17.8. The second-order valence-corrected chi connectivity index (χ2v) is 6.14. The molecule has 1 unspecified atom stereocenters. The van der Waals surface area contributed by atoms with E-state index in [4.69, 9.17) is 0 Å². The molecule has 0 saturated carbocycles. The Labute approximate surface area is 146 Å². The first-order valence-electron chi connectivity index (χ1n) is 8.20. The molecule has 2 aromatic carbocycles. The molecular formula is C20H20FN3O. The molecule has 0 fully saturated rings. The Morgan fingerprint density at radius 1 is 1.16 bits per heavy atom. The van der Waals surface area contributed by atoms with Crippen LogP contribution in [0.2, 0.25) is 0 Å². The highest BCUT2D eigenvalue weighted by Crippen LogP contribution is 2.30. The SMILES string of the molecule is Cc1[nH]nc(NC(=O)CC(C)c2ccccc2)c1-c1ccc(F)cc1. The highest BCUT2D eigenvalue weighted by Gasteiger charge is 2.17. The summed E-state index contributed by atoms with van der Waals surface area (Å²) < 4.78 is 13.2. The lowest BCUT2D eigenvalue weighted by Crippen LogP contribution is -2.15. The Balaban J connectivity index is 1.75. The fourth-order valence-corrected chi connectivity index (χ4v) is 2.85. The van der Waals surface area contributed by atoms with Gasteiger partial charge in [-0.3, -0.25) is 9.89 Å². The maximum Gasteiger partial charge on any atom is 0.226 e. The second kappa shape index (κ2) is 7.30. The van der Waals surface area contributed by atoms with E-state index in [1.165, 1.54) is 12.1 Å². The number of nitrogens with zero attached hydrogens (tertiary/aromatic N) is 1. The van der Waals surface area contributed by atoms with E-state index in [0.717, 1.165) is 22.4 Å². The molecule has 1 heterocycles. The molecule has 0 aliphatic heterocycles. The molecular weight excluding hydrogens is 317 g/mol. The van der Waals surface area contributed by atoms with Gasteiger partial charge in [0.1, 0.15) is 5.82 Å². The fraction of sp³-hybridized carbons (Fsp3) is 0.200. The van der Waals surface area contributed by atoms with Gasteiger partial charge in [0.2, 0.25) is 5.91 Å². The zero-order valence-corrected chi connectivity index (χ0v) is 14.2. The average Bonchev–Trinajstić information content (AvgIpc) is 2.96. The number of nitrogens with one attached hydrogen (secondary N) is 2. The normalized spacial score (nSPS) is 12.0. The summed E-state index contributed by atoms with van der Waals surface area (Å²) in [7, 11) is 0. The fourth-order valence-electron chi connectivity index (χ4n) is 2.85. The molecule has 0 saturated heterocycles. The van der Waals surface area contributed by atoms with Crippen LogP contribution < -0.4 is 5.32 Å². The van der Waals surface area contributed by atoms with Crippen LogP contribution in [0.15, 0.2) is 54.6 Å². The number of benzene rings is 2. The maximum absolute atomic E-state index is 13.2. The molecule has 2 N–H and O–H groups in total. The second-order valence-electron chi connectivity index (χ2n) is 6.14. The van der Waals surface area contributed by atoms with E-state index in [2.05, 4.69) is 15.5 Å². The van der Waals surface area contributed by atoms with E-state index in [9.17, 15) is 9.18 Å². The minimum absolute atomic E-state index is 0.105. The van der Waals surface area contributed by atoms with Crippen LogP contribution in [0.25, 0.3) is 11.1 Å². The zero-order valence-electron chi connectivity index (χ0n) is 14.2. The van der Waals surface area contributed by atoms with Crippen LogP contribution in [0.3, 0.4) is 0 Å². The number of hydrogen-bond donors (Lipinski definition) is 2. The van der Waals surface area contributed by atoms with E-state index >= 15 is 0 Å². The van der Waals surface area contributed by atoms with Crippen molar-refractivity contribution in [3.05, 3.63) is 71.7 Å². The van der Waals surface area contributed by atoms with Crippen molar-refractivity contribution < 1.29 is 9.18 Å². The average molecular weight is 337 g/mol. The summed E-state index contributed by atoms with van der Waals surface area (Å²) in [5.74, 6) is 0.170. The van der Waals surface area contributed by atoms with Gasteiger partial charge in [0, 0.05) is 17.7 Å². The Morgan fingerprint density at radius 2 is 1.84 bits per heavy atom. The van der Waals surface area contributed by atoms with Crippen molar-refractivity contribution in [1.82, 2.24) is 10.2 Å². The number of H-pyrrole nitrogens is 1. The van der Waals surface area contributed by atoms with Gasteiger partial charge in [0.15, 0.2) is 5.82 Å². The largest absolute Gasteiger partial charge is 0.309 e. The van der Waals surface area contributed by atoms with Crippen molar-refractivity contribution in [1.29, 1.82) is 0 Å². The van der Waals surface area contributed by atoms with Crippen LogP contribution in [0.4, 0.5) is 10.2 Å². The van der Waals surface area contributed by atoms with Crippen LogP contribution in [-0.4, -0.2) is 16.1 Å². The monoisotopic (exact) mass is 337 g/mol. The molecule has 0 aliphatic rings. The van der Waals surface area contributed by atoms with Crippen molar-refractivity contribution in [3.63, 3.8) is 0 Å². The Kier molecular flexibility index (Phi) is 4.93. The molecule has 1 atom stereocenters. The minimum Gasteiger partial charge on any atom is -0.309 e. The van der Waals surface area contributed by atoms with Crippen molar-refractivity contribution in [3.8, 4) is 11.1 Å². The molecule has 0 spiro atoms. The first-order chi connectivity index (χ1) is 12.0. The molecule has 128 valence electrons. The van der Waals surface area contributed by atoms with Gasteiger partial charge in [0.05, 0.1) is 0 Å². The number of aromatic amines is 1. The van der Waals surface area contributed by atoms with Gasteiger partial charge in [0.25, 0.3) is 0 Å². The maximum atomic E-state index is 13.2. The lowest BCUT2D eigenvalue weighted by Gasteiger charge is -2.12. The molecule has 0 bridgehead atoms. The van der Waals surface area contributed by atoms with Gasteiger partial charge in [-0.15, -0.1) is 0 Å². The van der Waals surface area contributed by atoms with Gasteiger partial charge in [-0.2, -0.15) is 5.10 Å². The van der Waals surface area contributed by atoms with Crippen LogP contribution in [-0.2, 0) is 4.79 Å². The number of rotatable bonds is 5. The summed E-state index contributed by atoms with van der Waals surface area (Å²) in [4.78, 5) is 12.4. The highest BCUT2D eigenvalue weighted by molar-refractivity contribution is 5.95. The van der Waals surface area contributed by atoms with Crippen LogP contribution in [0, 0.1) is 12.7 Å². The summed E-state index contributed by atoms with van der Waals surface area (Å²) in [6.07, 6.45) is 0.360. The number of aryl methyl sites for hydroxylation is 1. The minimum atomic E-state index is -0.299. The van der Waals surface area contributed by atoms with Gasteiger partial charge >= 0.3 is 0 Å². The Morgan fingerprint density at radius 3 is 2.52 bits per heavy atom. The van der Waals surface area contributed by atoms with E-state index in [0.29, 0.717) is 12.2 Å². The van der Waals surface area contributed by atoms with Crippen LogP contribution >= 0.6 is 0 Å². The first-order valence-corrected chi connectivity index (χ1v) is 8.20. The quantitative estimate of drug-likeness (QED) is 0.711. The smallest absolute Gasteiger partial charge is 0.226 e. The number of carbonyl (C=O) groups excluding carboxylic acids is 1. The third kappa shape index (κ3) is 3.94. The van der Waals surface area contributed by atoms with Gasteiger partial charge in [-0.1, -0.05) is 49.4 Å². The predicted octanol–water partition coefficient (Wildman–Crippen LogP) is 4.66. The van der Waals surface area contributed by atoms with E-state index in [1.807, 2.05) is 44.2 Å². The van der Waals surface area contributed by atoms with E-state index < -0.39 is 0 Å². The molecule has 3 rings (SSSR count). The van der Waals surface area contributed by atoms with Gasteiger partial charge < -0.3 is 5.32 Å². The van der Waals surface area contributed by atoms with E-state index in [1.54, 1.807) is 12.1 Å². The van der Waals surface area contributed by atoms with Crippen molar-refractivity contribution in [2.45, 2.75) is 26.2 Å². The molecule has 5 heteroatoms. The number of anilines is 1. The first kappa shape index (κ1) is 16.9. The summed E-state index contributed by atoms with van der Waals surface area (Å²) in [6.45, 7) is 3.89. The van der Waals surface area contributed by atoms with Crippen LogP contribution in [0.1, 0.15) is 30.5 Å². The lowest BCUT2D eigenvalue weighted by molar-refractivity contribution is -0.116. The number of halogens is 1. The standard InChI is InChI=1S/C20H20FN3O/c1-13(15-6-4-3-5-7-15)12-18(25)22-20-19(14(2)23-24-20)16-8-10-17(21)11-9-16/h3-11,13H,12H2,1-2H3,(H2,22,23,24,25). The number of hydrogen-bond acceptors (Lipinski definition) is 2. The molecule has 4 nitrogen and oxygen atoms in total. The van der Waals surface area contributed by atoms with Crippen LogP contribution in [0.5, 0.6) is 0 Å². The molecule has 1 aromatic heterocycles. The lowest BCUT2D eigenvalue weighted by atomic mass is 9.97. The summed E-state index contributed by atoms with van der Waals surface area (Å²) in [5.41, 5.74) is 3.52. The van der Waals surface area contributed by atoms with Crippen molar-refractivity contribution >= 4 is 11.7 Å². The Bertz CT molecular complexity index is 856. The van der Waals surface area contributed by atoms with Gasteiger partial charge in [-0.05, 0) is 36.1 Å². The molecule has 3 aromatic rings. The van der Waals surface area contributed by atoms with Crippen molar-refractivity contribution in [2.24, 2.45) is 0 Å². The number of carbonyl (C=O) groups is 1. The third-order valence-electron chi connectivity index (χ3n) is 4.20. The topological polar surface area (TPSA) is 57.8 Å². The number of aromatic nitrogens is 2. The molecule has 25 heavy (non-hydrogen) atoms. The molecule has 1 amide bonds. The third-order valence-corrected chi connectivity index (χ3v) is 4.20. The van der Waals surface area contributed by atoms with E-state index in [-0.39, 0.29) is 17.6 Å². The summed E-state index contributed by atoms with van der Waals surface area (Å²) in [5, 5.41) is 9.94. The summed E-state index contributed by atoms with van der Waals surface area (Å²) >= 11 is 0. The predicted molar refractivity (Wildman–Crippen MR) is 96.8 cm³/mol.